The Balaban J connectivity index is 1.76. The van der Waals surface area contributed by atoms with Gasteiger partial charge in [0.15, 0.2) is 0 Å². The summed E-state index contributed by atoms with van der Waals surface area (Å²) in [5.74, 6) is 0.696. The van der Waals surface area contributed by atoms with Crippen LogP contribution < -0.4 is 0 Å². The Hall–Kier alpha value is -0.470. The van der Waals surface area contributed by atoms with E-state index in [1.807, 2.05) is 6.07 Å². The first-order valence-corrected chi connectivity index (χ1v) is 7.82. The van der Waals surface area contributed by atoms with Gasteiger partial charge in [-0.25, -0.2) is 0 Å². The van der Waals surface area contributed by atoms with Gasteiger partial charge in [-0.15, -0.1) is 0 Å². The molecule has 1 nitrogen and oxygen atoms in total. The highest BCUT2D eigenvalue weighted by atomic mass is 32.1. The summed E-state index contributed by atoms with van der Waals surface area (Å²) in [5, 5.41) is 0.387. The summed E-state index contributed by atoms with van der Waals surface area (Å²) >= 11 is 4.88. The van der Waals surface area contributed by atoms with E-state index in [0.29, 0.717) is 23.2 Å². The number of fused-ring (bicyclic) bond motifs is 2. The molecule has 0 heterocycles. The molecule has 1 aromatic rings. The van der Waals surface area contributed by atoms with Gasteiger partial charge in [-0.2, -0.15) is 12.6 Å². The normalized spacial score (nSPS) is 39.7. The van der Waals surface area contributed by atoms with E-state index in [1.54, 1.807) is 0 Å². The largest absolute Gasteiger partial charge is 0.372 e. The van der Waals surface area contributed by atoms with E-state index in [1.165, 1.54) is 18.4 Å². The average molecular weight is 276 g/mol. The molecule has 0 aromatic heterocycles. The molecule has 0 spiro atoms. The molecule has 0 saturated heterocycles. The van der Waals surface area contributed by atoms with Gasteiger partial charge in [0.25, 0.3) is 0 Å². The average Bonchev–Trinajstić information content (AvgIpc) is 2.69. The standard InChI is InChI=1S/C17H24OS/c1-16(2)13-9-10-17(16,3)15(14(13)19)18-11-12-7-5-4-6-8-12/h4-8,13-15,19H,9-11H2,1-3H3. The number of benzene rings is 1. The highest BCUT2D eigenvalue weighted by Crippen LogP contribution is 2.67. The molecule has 2 heteroatoms. The zero-order valence-corrected chi connectivity index (χ0v) is 13.0. The van der Waals surface area contributed by atoms with Gasteiger partial charge < -0.3 is 4.74 Å². The van der Waals surface area contributed by atoms with Crippen molar-refractivity contribution in [1.29, 1.82) is 0 Å². The summed E-state index contributed by atoms with van der Waals surface area (Å²) < 4.78 is 6.30. The Morgan fingerprint density at radius 1 is 1.21 bits per heavy atom. The fraction of sp³-hybridized carbons (Fsp3) is 0.647. The summed E-state index contributed by atoms with van der Waals surface area (Å²) in [7, 11) is 0. The van der Waals surface area contributed by atoms with E-state index in [0.717, 1.165) is 0 Å². The number of hydrogen-bond donors (Lipinski definition) is 1. The number of ether oxygens (including phenoxy) is 1. The fourth-order valence-corrected chi connectivity index (χ4v) is 5.24. The highest BCUT2D eigenvalue weighted by Gasteiger charge is 2.65. The van der Waals surface area contributed by atoms with Crippen LogP contribution in [0.25, 0.3) is 0 Å². The quantitative estimate of drug-likeness (QED) is 0.809. The van der Waals surface area contributed by atoms with Gasteiger partial charge in [0.1, 0.15) is 0 Å². The third kappa shape index (κ3) is 1.87. The molecule has 3 rings (SSSR count). The fourth-order valence-electron chi connectivity index (χ4n) is 4.30. The van der Waals surface area contributed by atoms with Crippen molar-refractivity contribution in [2.75, 3.05) is 0 Å². The molecule has 2 fully saturated rings. The smallest absolute Gasteiger partial charge is 0.0757 e. The molecule has 1 aromatic carbocycles. The Kier molecular flexibility index (Phi) is 3.22. The molecule has 0 amide bonds. The summed E-state index contributed by atoms with van der Waals surface area (Å²) in [6, 6.07) is 10.5. The van der Waals surface area contributed by atoms with Gasteiger partial charge in [0.05, 0.1) is 12.7 Å². The molecule has 4 atom stereocenters. The first-order chi connectivity index (χ1) is 8.97. The topological polar surface area (TPSA) is 9.23 Å². The minimum Gasteiger partial charge on any atom is -0.372 e. The zero-order valence-electron chi connectivity index (χ0n) is 12.1. The third-order valence-electron chi connectivity index (χ3n) is 6.00. The Bertz CT molecular complexity index is 456. The van der Waals surface area contributed by atoms with Gasteiger partial charge in [0, 0.05) is 10.7 Å². The van der Waals surface area contributed by atoms with Crippen molar-refractivity contribution in [3.63, 3.8) is 0 Å². The predicted molar refractivity (Wildman–Crippen MR) is 82.4 cm³/mol. The maximum absolute atomic E-state index is 6.30. The van der Waals surface area contributed by atoms with Crippen molar-refractivity contribution in [2.24, 2.45) is 16.7 Å². The lowest BCUT2D eigenvalue weighted by Gasteiger charge is -2.39. The second kappa shape index (κ2) is 4.53. The predicted octanol–water partition coefficient (Wildman–Crippen LogP) is 4.33. The summed E-state index contributed by atoms with van der Waals surface area (Å²) in [6.07, 6.45) is 2.87. The zero-order chi connectivity index (χ0) is 13.7. The van der Waals surface area contributed by atoms with E-state index in [4.69, 9.17) is 17.4 Å². The lowest BCUT2D eigenvalue weighted by atomic mass is 9.70. The molecular formula is C17H24OS. The van der Waals surface area contributed by atoms with Gasteiger partial charge in [0.2, 0.25) is 0 Å². The lowest BCUT2D eigenvalue weighted by molar-refractivity contribution is -0.0524. The first-order valence-electron chi connectivity index (χ1n) is 7.30. The Morgan fingerprint density at radius 2 is 1.89 bits per heavy atom. The molecule has 4 unspecified atom stereocenters. The van der Waals surface area contributed by atoms with Crippen LogP contribution in [0.3, 0.4) is 0 Å². The second-order valence-electron chi connectivity index (χ2n) is 6.99. The van der Waals surface area contributed by atoms with Crippen LogP contribution >= 0.6 is 12.6 Å². The van der Waals surface area contributed by atoms with Crippen molar-refractivity contribution in [3.8, 4) is 0 Å². The van der Waals surface area contributed by atoms with Gasteiger partial charge in [-0.1, -0.05) is 51.1 Å². The van der Waals surface area contributed by atoms with Crippen LogP contribution in [0.4, 0.5) is 0 Å². The second-order valence-corrected chi connectivity index (χ2v) is 7.59. The number of thiol groups is 1. The minimum atomic E-state index is 0.277. The molecule has 19 heavy (non-hydrogen) atoms. The molecule has 0 aliphatic heterocycles. The molecule has 104 valence electrons. The van der Waals surface area contributed by atoms with E-state index >= 15 is 0 Å². The maximum atomic E-state index is 6.30. The van der Waals surface area contributed by atoms with Gasteiger partial charge in [-0.05, 0) is 29.7 Å². The molecule has 2 aliphatic rings. The minimum absolute atomic E-state index is 0.277. The van der Waals surface area contributed by atoms with Crippen molar-refractivity contribution in [3.05, 3.63) is 35.9 Å². The summed E-state index contributed by atoms with van der Waals surface area (Å²) in [4.78, 5) is 0. The Labute approximate surface area is 122 Å². The molecule has 2 saturated carbocycles. The lowest BCUT2D eigenvalue weighted by Crippen LogP contribution is -2.40. The molecular weight excluding hydrogens is 252 g/mol. The van der Waals surface area contributed by atoms with E-state index in [-0.39, 0.29) is 11.5 Å². The van der Waals surface area contributed by atoms with Crippen LogP contribution in [0.1, 0.15) is 39.2 Å². The monoisotopic (exact) mass is 276 g/mol. The van der Waals surface area contributed by atoms with Crippen LogP contribution in [0.2, 0.25) is 0 Å². The van der Waals surface area contributed by atoms with Crippen molar-refractivity contribution in [2.45, 2.75) is 51.6 Å². The molecule has 2 bridgehead atoms. The van der Waals surface area contributed by atoms with E-state index in [2.05, 4.69) is 45.0 Å². The third-order valence-corrected chi connectivity index (χ3v) is 6.63. The van der Waals surface area contributed by atoms with Crippen molar-refractivity contribution < 1.29 is 4.74 Å². The maximum Gasteiger partial charge on any atom is 0.0757 e. The van der Waals surface area contributed by atoms with Crippen LogP contribution in [-0.2, 0) is 11.3 Å². The molecule has 0 N–H and O–H groups in total. The van der Waals surface area contributed by atoms with Crippen molar-refractivity contribution >= 4 is 12.6 Å². The SMILES string of the molecule is CC1(C)C2CCC1(C)C(OCc1ccccc1)C2S. The molecule has 0 radical (unpaired) electrons. The summed E-state index contributed by atoms with van der Waals surface area (Å²) in [6.45, 7) is 7.92. The van der Waals surface area contributed by atoms with Gasteiger partial charge >= 0.3 is 0 Å². The first kappa shape index (κ1) is 13.5. The molecule has 2 aliphatic carbocycles. The Morgan fingerprint density at radius 3 is 2.47 bits per heavy atom. The highest BCUT2D eigenvalue weighted by molar-refractivity contribution is 7.81. The van der Waals surface area contributed by atoms with Gasteiger partial charge in [-0.3, -0.25) is 0 Å². The number of rotatable bonds is 3. The van der Waals surface area contributed by atoms with Crippen LogP contribution in [0.5, 0.6) is 0 Å². The summed E-state index contributed by atoms with van der Waals surface area (Å²) in [5.41, 5.74) is 1.88. The van der Waals surface area contributed by atoms with Crippen LogP contribution in [0.15, 0.2) is 30.3 Å². The van der Waals surface area contributed by atoms with E-state index < -0.39 is 0 Å². The van der Waals surface area contributed by atoms with Crippen LogP contribution in [-0.4, -0.2) is 11.4 Å². The van der Waals surface area contributed by atoms with Crippen LogP contribution in [0, 0.1) is 16.7 Å². The van der Waals surface area contributed by atoms with E-state index in [9.17, 15) is 0 Å². The van der Waals surface area contributed by atoms with Crippen molar-refractivity contribution in [1.82, 2.24) is 0 Å². The number of hydrogen-bond acceptors (Lipinski definition) is 2.